The van der Waals surface area contributed by atoms with Gasteiger partial charge >= 0.3 is 0 Å². The molecule has 2 aliphatic rings. The monoisotopic (exact) mass is 298 g/mol. The largest absolute Gasteiger partial charge is 0.382 e. The average Bonchev–Trinajstić information content (AvgIpc) is 3.28. The smallest absolute Gasteiger partial charge is 0.245 e. The van der Waals surface area contributed by atoms with Crippen LogP contribution in [-0.4, -0.2) is 62.3 Å². The zero-order valence-electron chi connectivity index (χ0n) is 13.0. The van der Waals surface area contributed by atoms with Crippen LogP contribution in [0.3, 0.4) is 0 Å². The van der Waals surface area contributed by atoms with Crippen molar-refractivity contribution in [2.24, 2.45) is 5.92 Å². The highest BCUT2D eigenvalue weighted by atomic mass is 16.5. The van der Waals surface area contributed by atoms with Gasteiger partial charge in [0.05, 0.1) is 19.8 Å². The van der Waals surface area contributed by atoms with Crippen molar-refractivity contribution in [3.05, 3.63) is 0 Å². The Bertz CT molecular complexity index is 371. The first-order valence-corrected chi connectivity index (χ1v) is 7.86. The van der Waals surface area contributed by atoms with Crippen molar-refractivity contribution in [2.45, 2.75) is 44.7 Å². The first kappa shape index (κ1) is 16.2. The van der Waals surface area contributed by atoms with Gasteiger partial charge in [0.25, 0.3) is 0 Å². The van der Waals surface area contributed by atoms with E-state index in [0.29, 0.717) is 38.7 Å². The van der Waals surface area contributed by atoms with Gasteiger partial charge in [-0.1, -0.05) is 13.3 Å². The SMILES string of the molecule is CCCC1NC(=O)C(C2CC2)N(CCOCCOC)C1=O. The van der Waals surface area contributed by atoms with Crippen molar-refractivity contribution < 1.29 is 19.1 Å². The Labute approximate surface area is 126 Å². The maximum Gasteiger partial charge on any atom is 0.245 e. The van der Waals surface area contributed by atoms with E-state index in [0.717, 1.165) is 19.3 Å². The Morgan fingerprint density at radius 1 is 1.24 bits per heavy atom. The van der Waals surface area contributed by atoms with E-state index in [1.807, 2.05) is 6.92 Å². The summed E-state index contributed by atoms with van der Waals surface area (Å²) in [6, 6.07) is -0.659. The van der Waals surface area contributed by atoms with Gasteiger partial charge in [-0.3, -0.25) is 9.59 Å². The van der Waals surface area contributed by atoms with Gasteiger partial charge in [-0.05, 0) is 25.2 Å². The van der Waals surface area contributed by atoms with E-state index in [1.54, 1.807) is 12.0 Å². The number of carbonyl (C=O) groups is 2. The van der Waals surface area contributed by atoms with E-state index < -0.39 is 0 Å². The second-order valence-corrected chi connectivity index (χ2v) is 5.77. The number of nitrogens with one attached hydrogen (secondary N) is 1. The van der Waals surface area contributed by atoms with Crippen molar-refractivity contribution >= 4 is 11.8 Å². The van der Waals surface area contributed by atoms with Gasteiger partial charge in [-0.2, -0.15) is 0 Å². The molecule has 2 rings (SSSR count). The Hall–Kier alpha value is -1.14. The van der Waals surface area contributed by atoms with Crippen LogP contribution in [0.2, 0.25) is 0 Å². The lowest BCUT2D eigenvalue weighted by atomic mass is 10.0. The molecule has 1 saturated carbocycles. The van der Waals surface area contributed by atoms with Crippen LogP contribution < -0.4 is 5.32 Å². The van der Waals surface area contributed by atoms with Gasteiger partial charge in [0.2, 0.25) is 11.8 Å². The number of piperazine rings is 1. The molecule has 2 atom stereocenters. The number of carbonyl (C=O) groups excluding carboxylic acids is 2. The fourth-order valence-electron chi connectivity index (χ4n) is 2.82. The van der Waals surface area contributed by atoms with Crippen molar-refractivity contribution in [1.82, 2.24) is 10.2 Å². The zero-order valence-corrected chi connectivity index (χ0v) is 13.0. The molecule has 1 N–H and O–H groups in total. The van der Waals surface area contributed by atoms with Gasteiger partial charge in [0.1, 0.15) is 12.1 Å². The molecule has 1 aliphatic carbocycles. The molecular formula is C15H26N2O4. The molecule has 0 aromatic rings. The first-order valence-electron chi connectivity index (χ1n) is 7.86. The highest BCUT2D eigenvalue weighted by Gasteiger charge is 2.47. The third-order valence-corrected chi connectivity index (χ3v) is 4.06. The van der Waals surface area contributed by atoms with E-state index in [4.69, 9.17) is 9.47 Å². The van der Waals surface area contributed by atoms with Gasteiger partial charge in [-0.25, -0.2) is 0 Å². The molecule has 0 radical (unpaired) electrons. The molecule has 0 aromatic heterocycles. The quantitative estimate of drug-likeness (QED) is 0.631. The summed E-state index contributed by atoms with van der Waals surface area (Å²) in [5, 5.41) is 2.89. The molecule has 1 aliphatic heterocycles. The molecule has 1 heterocycles. The van der Waals surface area contributed by atoms with Gasteiger partial charge < -0.3 is 19.7 Å². The summed E-state index contributed by atoms with van der Waals surface area (Å²) >= 11 is 0. The maximum absolute atomic E-state index is 12.6. The number of hydrogen-bond acceptors (Lipinski definition) is 4. The average molecular weight is 298 g/mol. The Kier molecular flexibility index (Phi) is 5.99. The third kappa shape index (κ3) is 4.17. The highest BCUT2D eigenvalue weighted by molar-refractivity contribution is 5.97. The summed E-state index contributed by atoms with van der Waals surface area (Å²) in [6.45, 7) is 4.00. The molecule has 2 fully saturated rings. The molecular weight excluding hydrogens is 272 g/mol. The molecule has 0 aromatic carbocycles. The standard InChI is InChI=1S/C15H26N2O4/c1-3-4-12-15(19)17(7-8-21-10-9-20-2)13(11-5-6-11)14(18)16-12/h11-13H,3-10H2,1-2H3,(H,16,18). The lowest BCUT2D eigenvalue weighted by molar-refractivity contribution is -0.151. The predicted octanol–water partition coefficient (Wildman–Crippen LogP) is 0.555. The van der Waals surface area contributed by atoms with Crippen LogP contribution in [0.5, 0.6) is 0 Å². The molecule has 2 unspecified atom stereocenters. The minimum Gasteiger partial charge on any atom is -0.382 e. The van der Waals surface area contributed by atoms with Crippen molar-refractivity contribution in [1.29, 1.82) is 0 Å². The summed E-state index contributed by atoms with van der Waals surface area (Å²) in [4.78, 5) is 26.6. The fraction of sp³-hybridized carbons (Fsp3) is 0.867. The first-order chi connectivity index (χ1) is 10.2. The molecule has 21 heavy (non-hydrogen) atoms. The number of amides is 2. The normalized spacial score (nSPS) is 26.1. The number of ether oxygens (including phenoxy) is 2. The number of methoxy groups -OCH3 is 1. The van der Waals surface area contributed by atoms with Crippen molar-refractivity contribution in [3.63, 3.8) is 0 Å². The van der Waals surface area contributed by atoms with Crippen molar-refractivity contribution in [2.75, 3.05) is 33.5 Å². The molecule has 2 amide bonds. The summed E-state index contributed by atoms with van der Waals surface area (Å²) in [5.41, 5.74) is 0. The molecule has 6 nitrogen and oxygen atoms in total. The molecule has 0 bridgehead atoms. The lowest BCUT2D eigenvalue weighted by Gasteiger charge is -2.39. The molecule has 120 valence electrons. The number of hydrogen-bond donors (Lipinski definition) is 1. The van der Waals surface area contributed by atoms with E-state index >= 15 is 0 Å². The minimum absolute atomic E-state index is 0.00689. The van der Waals surface area contributed by atoms with E-state index in [2.05, 4.69) is 5.32 Å². The summed E-state index contributed by atoms with van der Waals surface area (Å²) in [6.07, 6.45) is 3.64. The molecule has 0 spiro atoms. The van der Waals surface area contributed by atoms with Gasteiger partial charge in [-0.15, -0.1) is 0 Å². The topological polar surface area (TPSA) is 67.9 Å². The zero-order chi connectivity index (χ0) is 15.2. The van der Waals surface area contributed by atoms with Crippen LogP contribution in [0.4, 0.5) is 0 Å². The maximum atomic E-state index is 12.6. The van der Waals surface area contributed by atoms with Crippen LogP contribution in [0.1, 0.15) is 32.6 Å². The van der Waals surface area contributed by atoms with Gasteiger partial charge in [0.15, 0.2) is 0 Å². The second kappa shape index (κ2) is 7.75. The van der Waals surface area contributed by atoms with Crippen LogP contribution in [0.25, 0.3) is 0 Å². The third-order valence-electron chi connectivity index (χ3n) is 4.06. The van der Waals surface area contributed by atoms with E-state index in [9.17, 15) is 9.59 Å². The van der Waals surface area contributed by atoms with Crippen LogP contribution in [-0.2, 0) is 19.1 Å². The van der Waals surface area contributed by atoms with Gasteiger partial charge in [0, 0.05) is 13.7 Å². The lowest BCUT2D eigenvalue weighted by Crippen LogP contribution is -2.64. The second-order valence-electron chi connectivity index (χ2n) is 5.77. The van der Waals surface area contributed by atoms with Crippen LogP contribution in [0, 0.1) is 5.92 Å². The Balaban J connectivity index is 1.93. The van der Waals surface area contributed by atoms with Crippen LogP contribution >= 0.6 is 0 Å². The Morgan fingerprint density at radius 3 is 2.62 bits per heavy atom. The predicted molar refractivity (Wildman–Crippen MR) is 77.8 cm³/mol. The highest BCUT2D eigenvalue weighted by Crippen LogP contribution is 2.37. The minimum atomic E-state index is -0.364. The van der Waals surface area contributed by atoms with Crippen molar-refractivity contribution in [3.8, 4) is 0 Å². The molecule has 6 heteroatoms. The number of nitrogens with zero attached hydrogens (tertiary/aromatic N) is 1. The summed E-state index contributed by atoms with van der Waals surface area (Å²) < 4.78 is 10.4. The van der Waals surface area contributed by atoms with E-state index in [1.165, 1.54) is 0 Å². The fourth-order valence-corrected chi connectivity index (χ4v) is 2.82. The van der Waals surface area contributed by atoms with E-state index in [-0.39, 0.29) is 23.9 Å². The number of rotatable bonds is 9. The summed E-state index contributed by atoms with van der Waals surface area (Å²) in [7, 11) is 1.63. The molecule has 1 saturated heterocycles. The summed E-state index contributed by atoms with van der Waals surface area (Å²) in [5.74, 6) is 0.381. The van der Waals surface area contributed by atoms with Crippen LogP contribution in [0.15, 0.2) is 0 Å². The Morgan fingerprint density at radius 2 is 2.00 bits per heavy atom.